The molecule has 0 saturated heterocycles. The van der Waals surface area contributed by atoms with Gasteiger partial charge < -0.3 is 5.73 Å². The molecule has 11 heavy (non-hydrogen) atoms. The van der Waals surface area contributed by atoms with Gasteiger partial charge in [-0.2, -0.15) is 0 Å². The normalized spacial score (nSPS) is 17.5. The van der Waals surface area contributed by atoms with Crippen LogP contribution >= 0.6 is 0 Å². The van der Waals surface area contributed by atoms with Gasteiger partial charge in [-0.3, -0.25) is 9.63 Å². The van der Waals surface area contributed by atoms with Gasteiger partial charge in [0.2, 0.25) is 5.96 Å². The zero-order valence-electron chi connectivity index (χ0n) is 6.70. The van der Waals surface area contributed by atoms with Crippen LogP contribution in [0.2, 0.25) is 0 Å². The maximum Gasteiger partial charge on any atom is 0.203 e. The van der Waals surface area contributed by atoms with E-state index in [-0.39, 0.29) is 12.0 Å². The molecule has 2 atom stereocenters. The van der Waals surface area contributed by atoms with Crippen LogP contribution in [0.25, 0.3) is 0 Å². The van der Waals surface area contributed by atoms with Crippen LogP contribution in [0.3, 0.4) is 0 Å². The summed E-state index contributed by atoms with van der Waals surface area (Å²) in [5.74, 6) is 5.64. The Kier molecular flexibility index (Phi) is 4.80. The standard InChI is InChI=1S/C5H14N4OS/c1-4(3-11(2)10)8-5(6)9-7/h4H,3,7H2,1-2H3,(H3,6,8,9). The summed E-state index contributed by atoms with van der Waals surface area (Å²) in [6.07, 6.45) is 1.62. The zero-order valence-corrected chi connectivity index (χ0v) is 7.52. The lowest BCUT2D eigenvalue weighted by Gasteiger charge is -2.04. The van der Waals surface area contributed by atoms with Gasteiger partial charge in [0.15, 0.2) is 0 Å². The van der Waals surface area contributed by atoms with E-state index in [1.54, 1.807) is 6.26 Å². The number of hydrazine groups is 1. The second-order valence-electron chi connectivity index (χ2n) is 2.25. The Morgan fingerprint density at radius 2 is 2.36 bits per heavy atom. The number of nitrogens with one attached hydrogen (secondary N) is 1. The van der Waals surface area contributed by atoms with Gasteiger partial charge in [-0.15, -0.1) is 0 Å². The monoisotopic (exact) mass is 178 g/mol. The van der Waals surface area contributed by atoms with Gasteiger partial charge in [-0.1, -0.05) is 0 Å². The average molecular weight is 178 g/mol. The molecule has 0 spiro atoms. The first kappa shape index (κ1) is 10.4. The topological polar surface area (TPSA) is 93.5 Å². The van der Waals surface area contributed by atoms with Gasteiger partial charge in [-0.05, 0) is 6.92 Å². The molecule has 0 bridgehead atoms. The minimum atomic E-state index is -0.845. The van der Waals surface area contributed by atoms with Gasteiger partial charge in [0.1, 0.15) is 0 Å². The first-order valence-electron chi connectivity index (χ1n) is 3.16. The Hall–Kier alpha value is -0.620. The van der Waals surface area contributed by atoms with Crippen LogP contribution in [-0.2, 0) is 10.8 Å². The van der Waals surface area contributed by atoms with E-state index in [0.717, 1.165) is 0 Å². The Labute approximate surface area is 68.7 Å². The van der Waals surface area contributed by atoms with Crippen LogP contribution < -0.4 is 17.0 Å². The third-order valence-electron chi connectivity index (χ3n) is 0.983. The van der Waals surface area contributed by atoms with Crippen molar-refractivity contribution in [2.24, 2.45) is 16.6 Å². The van der Waals surface area contributed by atoms with Gasteiger partial charge in [0.25, 0.3) is 0 Å². The molecule has 0 fully saturated rings. The Morgan fingerprint density at radius 3 is 2.73 bits per heavy atom. The summed E-state index contributed by atoms with van der Waals surface area (Å²) in [4.78, 5) is 3.90. The van der Waals surface area contributed by atoms with Crippen molar-refractivity contribution in [3.05, 3.63) is 0 Å². The summed E-state index contributed by atoms with van der Waals surface area (Å²) in [6.45, 7) is 1.82. The number of hydrogen-bond donors (Lipinski definition) is 3. The van der Waals surface area contributed by atoms with Crippen molar-refractivity contribution < 1.29 is 4.21 Å². The minimum absolute atomic E-state index is 0.0584. The third-order valence-corrected chi connectivity index (χ3v) is 1.94. The second kappa shape index (κ2) is 5.09. The zero-order chi connectivity index (χ0) is 8.85. The predicted octanol–water partition coefficient (Wildman–Crippen LogP) is -1.47. The van der Waals surface area contributed by atoms with Crippen LogP contribution in [0.5, 0.6) is 0 Å². The highest BCUT2D eigenvalue weighted by atomic mass is 32.2. The van der Waals surface area contributed by atoms with Crippen LogP contribution in [0.15, 0.2) is 4.99 Å². The number of hydrogen-bond acceptors (Lipinski definition) is 3. The van der Waals surface area contributed by atoms with Gasteiger partial charge in [-0.25, -0.2) is 10.8 Å². The number of rotatable bonds is 3. The van der Waals surface area contributed by atoms with E-state index in [4.69, 9.17) is 11.6 Å². The number of guanidine groups is 1. The lowest BCUT2D eigenvalue weighted by molar-refractivity contribution is 0.680. The van der Waals surface area contributed by atoms with E-state index in [0.29, 0.717) is 5.75 Å². The molecule has 66 valence electrons. The van der Waals surface area contributed by atoms with Gasteiger partial charge in [0, 0.05) is 22.8 Å². The molecule has 0 aromatic heterocycles. The van der Waals surface area contributed by atoms with Gasteiger partial charge >= 0.3 is 0 Å². The molecule has 0 aromatic carbocycles. The van der Waals surface area contributed by atoms with Gasteiger partial charge in [0.05, 0.1) is 6.04 Å². The molecule has 0 rings (SSSR count). The molecule has 0 amide bonds. The highest BCUT2D eigenvalue weighted by Gasteiger charge is 2.01. The fraction of sp³-hybridized carbons (Fsp3) is 0.800. The first-order chi connectivity index (χ1) is 5.06. The van der Waals surface area contributed by atoms with Crippen molar-refractivity contribution in [1.82, 2.24) is 5.43 Å². The van der Waals surface area contributed by atoms with E-state index in [1.807, 2.05) is 6.92 Å². The van der Waals surface area contributed by atoms with Crippen LogP contribution in [0.4, 0.5) is 0 Å². The third kappa shape index (κ3) is 5.81. The maximum absolute atomic E-state index is 10.7. The Bertz CT molecular complexity index is 170. The van der Waals surface area contributed by atoms with Crippen LogP contribution in [0.1, 0.15) is 6.92 Å². The second-order valence-corrected chi connectivity index (χ2v) is 3.73. The summed E-state index contributed by atoms with van der Waals surface area (Å²) in [7, 11) is -0.845. The van der Waals surface area contributed by atoms with E-state index < -0.39 is 10.8 Å². The highest BCUT2D eigenvalue weighted by Crippen LogP contribution is 1.90. The molecule has 0 heterocycles. The molecule has 2 unspecified atom stereocenters. The van der Waals surface area contributed by atoms with E-state index >= 15 is 0 Å². The van der Waals surface area contributed by atoms with Crippen molar-refractivity contribution in [3.63, 3.8) is 0 Å². The van der Waals surface area contributed by atoms with Crippen molar-refractivity contribution in [2.75, 3.05) is 12.0 Å². The molecule has 0 aliphatic heterocycles. The SMILES string of the molecule is CC(CS(C)=O)N=C(N)NN. The van der Waals surface area contributed by atoms with E-state index in [2.05, 4.69) is 10.4 Å². The summed E-state index contributed by atoms with van der Waals surface area (Å²) in [6, 6.07) is -0.0584. The van der Waals surface area contributed by atoms with E-state index in [9.17, 15) is 4.21 Å². The maximum atomic E-state index is 10.7. The lowest BCUT2D eigenvalue weighted by atomic mass is 10.4. The van der Waals surface area contributed by atoms with E-state index in [1.165, 1.54) is 0 Å². The molecular formula is C5H14N4OS. The summed E-state index contributed by atoms with van der Waals surface area (Å²) in [5, 5.41) is 0. The average Bonchev–Trinajstić information content (AvgIpc) is 1.85. The van der Waals surface area contributed by atoms with Crippen molar-refractivity contribution in [3.8, 4) is 0 Å². The van der Waals surface area contributed by atoms with Crippen molar-refractivity contribution >= 4 is 16.8 Å². The quantitative estimate of drug-likeness (QED) is 0.213. The van der Waals surface area contributed by atoms with Crippen LogP contribution in [-0.4, -0.2) is 28.2 Å². The minimum Gasteiger partial charge on any atom is -0.369 e. The molecule has 5 N–H and O–H groups in total. The molecule has 0 aliphatic rings. The lowest BCUT2D eigenvalue weighted by Crippen LogP contribution is -2.38. The fourth-order valence-corrected chi connectivity index (χ4v) is 1.41. The first-order valence-corrected chi connectivity index (χ1v) is 4.89. The van der Waals surface area contributed by atoms with Crippen molar-refractivity contribution in [1.29, 1.82) is 0 Å². The number of nitrogens with zero attached hydrogens (tertiary/aromatic N) is 1. The molecule has 5 nitrogen and oxygen atoms in total. The molecule has 6 heteroatoms. The molecule has 0 aliphatic carbocycles. The molecule has 0 saturated carbocycles. The van der Waals surface area contributed by atoms with Crippen LogP contribution in [0, 0.1) is 0 Å². The number of aliphatic imine (C=N–C) groups is 1. The Morgan fingerprint density at radius 1 is 1.82 bits per heavy atom. The largest absolute Gasteiger partial charge is 0.369 e. The Balaban J connectivity index is 3.85. The summed E-state index contributed by atoms with van der Waals surface area (Å²) < 4.78 is 10.7. The summed E-state index contributed by atoms with van der Waals surface area (Å²) >= 11 is 0. The smallest absolute Gasteiger partial charge is 0.203 e. The highest BCUT2D eigenvalue weighted by molar-refractivity contribution is 7.84. The summed E-state index contributed by atoms with van der Waals surface area (Å²) in [5.41, 5.74) is 7.46. The molecular weight excluding hydrogens is 164 g/mol. The fourth-order valence-electron chi connectivity index (χ4n) is 0.652. The predicted molar refractivity (Wildman–Crippen MR) is 47.3 cm³/mol. The number of nitrogens with two attached hydrogens (primary N) is 2. The molecule has 0 radical (unpaired) electrons. The molecule has 0 aromatic rings. The van der Waals surface area contributed by atoms with Crippen molar-refractivity contribution in [2.45, 2.75) is 13.0 Å².